The number of nitrogens with zero attached hydrogens (tertiary/aromatic N) is 2. The molecule has 15 heavy (non-hydrogen) atoms. The van der Waals surface area contributed by atoms with Crippen LogP contribution in [0, 0.1) is 6.92 Å². The van der Waals surface area contributed by atoms with Crippen LogP contribution in [-0.2, 0) is 11.2 Å². The van der Waals surface area contributed by atoms with Gasteiger partial charge in [0.1, 0.15) is 16.2 Å². The molecule has 0 aliphatic carbocycles. The second kappa shape index (κ2) is 3.77. The van der Waals surface area contributed by atoms with Crippen LogP contribution in [-0.4, -0.2) is 15.2 Å². The molecule has 3 nitrogen and oxygen atoms in total. The van der Waals surface area contributed by atoms with E-state index in [1.165, 1.54) is 0 Å². The molecule has 2 heterocycles. The monoisotopic (exact) mass is 266 g/mol. The predicted molar refractivity (Wildman–Crippen MR) is 62.0 cm³/mol. The van der Waals surface area contributed by atoms with Crippen LogP contribution < -0.4 is 0 Å². The number of rotatable bonds is 2. The molecule has 2 rings (SSSR count). The molecule has 0 aliphatic heterocycles. The van der Waals surface area contributed by atoms with Crippen LogP contribution in [0.2, 0.25) is 0 Å². The average molecular weight is 267 g/mol. The van der Waals surface area contributed by atoms with Crippen molar-refractivity contribution in [2.45, 2.75) is 20.3 Å². The van der Waals surface area contributed by atoms with Crippen molar-refractivity contribution in [1.82, 2.24) is 9.38 Å². The number of carbonyl (C=O) groups is 1. The molecule has 0 fully saturated rings. The van der Waals surface area contributed by atoms with Gasteiger partial charge in [-0.25, -0.2) is 4.98 Å². The van der Waals surface area contributed by atoms with Gasteiger partial charge in [-0.05, 0) is 41.4 Å². The van der Waals surface area contributed by atoms with Crippen LogP contribution in [0.3, 0.4) is 0 Å². The molecule has 0 saturated carbocycles. The lowest BCUT2D eigenvalue weighted by atomic mass is 10.1. The fourth-order valence-corrected chi connectivity index (χ4v) is 2.42. The molecule has 0 spiro atoms. The van der Waals surface area contributed by atoms with Crippen LogP contribution in [0.4, 0.5) is 0 Å². The second-order valence-electron chi connectivity index (χ2n) is 3.58. The van der Waals surface area contributed by atoms with Gasteiger partial charge in [0.05, 0.1) is 5.52 Å². The molecule has 2 aromatic heterocycles. The van der Waals surface area contributed by atoms with Gasteiger partial charge in [-0.2, -0.15) is 0 Å². The zero-order valence-electron chi connectivity index (χ0n) is 8.62. The summed E-state index contributed by atoms with van der Waals surface area (Å²) in [6.45, 7) is 3.54. The van der Waals surface area contributed by atoms with Gasteiger partial charge in [-0.1, -0.05) is 6.07 Å². The lowest BCUT2D eigenvalue weighted by molar-refractivity contribution is -0.116. The van der Waals surface area contributed by atoms with Gasteiger partial charge < -0.3 is 4.40 Å². The molecule has 0 bridgehead atoms. The number of halogens is 1. The van der Waals surface area contributed by atoms with E-state index in [9.17, 15) is 4.79 Å². The van der Waals surface area contributed by atoms with Crippen LogP contribution in [0.15, 0.2) is 22.9 Å². The van der Waals surface area contributed by atoms with Crippen molar-refractivity contribution < 1.29 is 4.79 Å². The van der Waals surface area contributed by atoms with E-state index < -0.39 is 0 Å². The maximum atomic E-state index is 11.1. The van der Waals surface area contributed by atoms with Crippen LogP contribution in [0.5, 0.6) is 0 Å². The Morgan fingerprint density at radius 1 is 1.60 bits per heavy atom. The van der Waals surface area contributed by atoms with E-state index in [-0.39, 0.29) is 5.78 Å². The number of Topliss-reactive ketones (excluding diaryl/α,β-unsaturated/α-hetero) is 1. The molecule has 0 aliphatic rings. The summed E-state index contributed by atoms with van der Waals surface area (Å²) in [4.78, 5) is 15.5. The van der Waals surface area contributed by atoms with Gasteiger partial charge in [0.25, 0.3) is 0 Å². The average Bonchev–Trinajstić information content (AvgIpc) is 2.43. The van der Waals surface area contributed by atoms with E-state index in [4.69, 9.17) is 0 Å². The molecule has 0 N–H and O–H groups in total. The van der Waals surface area contributed by atoms with E-state index in [2.05, 4.69) is 20.9 Å². The Balaban J connectivity index is 2.69. The van der Waals surface area contributed by atoms with Crippen molar-refractivity contribution in [1.29, 1.82) is 0 Å². The summed E-state index contributed by atoms with van der Waals surface area (Å²) in [7, 11) is 0. The highest BCUT2D eigenvalue weighted by atomic mass is 79.9. The lowest BCUT2D eigenvalue weighted by Gasteiger charge is -2.02. The molecule has 0 aromatic carbocycles. The fourth-order valence-electron chi connectivity index (χ4n) is 1.71. The van der Waals surface area contributed by atoms with Crippen LogP contribution >= 0.6 is 15.9 Å². The lowest BCUT2D eigenvalue weighted by Crippen LogP contribution is -1.99. The topological polar surface area (TPSA) is 34.4 Å². The first-order chi connectivity index (χ1) is 7.09. The summed E-state index contributed by atoms with van der Waals surface area (Å²) in [5.74, 6) is 1.08. The van der Waals surface area contributed by atoms with Crippen molar-refractivity contribution in [3.05, 3.63) is 34.3 Å². The molecular weight excluding hydrogens is 256 g/mol. The fraction of sp³-hybridized carbons (Fsp3) is 0.273. The Bertz CT molecular complexity index is 531. The first-order valence-corrected chi connectivity index (χ1v) is 5.50. The smallest absolute Gasteiger partial charge is 0.134 e. The first-order valence-electron chi connectivity index (χ1n) is 4.71. The van der Waals surface area contributed by atoms with Crippen molar-refractivity contribution in [3.63, 3.8) is 0 Å². The van der Waals surface area contributed by atoms with Gasteiger partial charge >= 0.3 is 0 Å². The zero-order valence-corrected chi connectivity index (χ0v) is 10.2. The van der Waals surface area contributed by atoms with Crippen molar-refractivity contribution in [2.75, 3.05) is 0 Å². The minimum Gasteiger partial charge on any atom is -0.302 e. The van der Waals surface area contributed by atoms with E-state index >= 15 is 0 Å². The SMILES string of the molecule is CC(=O)Cc1cccn2c(C)nc(Br)c12. The number of hydrogen-bond acceptors (Lipinski definition) is 2. The van der Waals surface area contributed by atoms with Crippen LogP contribution in [0.1, 0.15) is 18.3 Å². The summed E-state index contributed by atoms with van der Waals surface area (Å²) in [6, 6.07) is 3.90. The molecule has 0 radical (unpaired) electrons. The van der Waals surface area contributed by atoms with E-state index in [1.54, 1.807) is 6.92 Å². The molecule has 78 valence electrons. The standard InChI is InChI=1S/C11H11BrN2O/c1-7(15)6-9-4-3-5-14-8(2)13-11(12)10(9)14/h3-5H,6H2,1-2H3. The summed E-state index contributed by atoms with van der Waals surface area (Å²) < 4.78 is 2.79. The van der Waals surface area contributed by atoms with Crippen molar-refractivity contribution in [2.24, 2.45) is 0 Å². The maximum Gasteiger partial charge on any atom is 0.134 e. The number of aromatic nitrogens is 2. The summed E-state index contributed by atoms with van der Waals surface area (Å²) in [6.07, 6.45) is 2.40. The van der Waals surface area contributed by atoms with Crippen molar-refractivity contribution >= 4 is 27.2 Å². The normalized spacial score (nSPS) is 10.9. The third-order valence-corrected chi connectivity index (χ3v) is 2.87. The quantitative estimate of drug-likeness (QED) is 0.838. The number of carbonyl (C=O) groups excluding carboxylic acids is 1. The Morgan fingerprint density at radius 2 is 2.33 bits per heavy atom. The number of ketones is 1. The zero-order chi connectivity index (χ0) is 11.0. The Hall–Kier alpha value is -1.16. The number of imidazole rings is 1. The molecule has 0 saturated heterocycles. The number of pyridine rings is 1. The maximum absolute atomic E-state index is 11.1. The van der Waals surface area contributed by atoms with Crippen LogP contribution in [0.25, 0.3) is 5.52 Å². The van der Waals surface area contributed by atoms with Gasteiger partial charge in [-0.3, -0.25) is 4.79 Å². The highest BCUT2D eigenvalue weighted by molar-refractivity contribution is 9.10. The molecule has 0 unspecified atom stereocenters. The number of fused-ring (bicyclic) bond motifs is 1. The molecule has 4 heteroatoms. The van der Waals surface area contributed by atoms with Gasteiger partial charge in [0.2, 0.25) is 0 Å². The first kappa shape index (κ1) is 10.4. The molecule has 2 aromatic rings. The Kier molecular flexibility index (Phi) is 2.61. The molecule has 0 amide bonds. The second-order valence-corrected chi connectivity index (χ2v) is 4.33. The van der Waals surface area contributed by atoms with E-state index in [1.807, 2.05) is 29.7 Å². The van der Waals surface area contributed by atoms with Gasteiger partial charge in [-0.15, -0.1) is 0 Å². The predicted octanol–water partition coefficient (Wildman–Crippen LogP) is 2.54. The highest BCUT2D eigenvalue weighted by Crippen LogP contribution is 2.22. The minimum atomic E-state index is 0.161. The minimum absolute atomic E-state index is 0.161. The third-order valence-electron chi connectivity index (χ3n) is 2.32. The number of aryl methyl sites for hydroxylation is 1. The Labute approximate surface area is 96.3 Å². The van der Waals surface area contributed by atoms with Gasteiger partial charge in [0, 0.05) is 12.6 Å². The third kappa shape index (κ3) is 1.81. The van der Waals surface area contributed by atoms with E-state index in [0.29, 0.717) is 6.42 Å². The summed E-state index contributed by atoms with van der Waals surface area (Å²) in [5, 5.41) is 0. The summed E-state index contributed by atoms with van der Waals surface area (Å²) in [5.41, 5.74) is 2.00. The molecule has 0 atom stereocenters. The molecular formula is C11H11BrN2O. The number of hydrogen-bond donors (Lipinski definition) is 0. The highest BCUT2D eigenvalue weighted by Gasteiger charge is 2.10. The van der Waals surface area contributed by atoms with Crippen molar-refractivity contribution in [3.8, 4) is 0 Å². The Morgan fingerprint density at radius 3 is 3.00 bits per heavy atom. The van der Waals surface area contributed by atoms with Gasteiger partial charge in [0.15, 0.2) is 0 Å². The van der Waals surface area contributed by atoms with E-state index in [0.717, 1.165) is 21.5 Å². The largest absolute Gasteiger partial charge is 0.302 e. The summed E-state index contributed by atoms with van der Waals surface area (Å²) >= 11 is 3.42.